The maximum absolute atomic E-state index is 13.0. The molecule has 31 heavy (non-hydrogen) atoms. The van der Waals surface area contributed by atoms with Crippen LogP contribution in [0.15, 0.2) is 47.4 Å². The van der Waals surface area contributed by atoms with Crippen molar-refractivity contribution in [3.8, 4) is 0 Å². The Balaban J connectivity index is 1.47. The van der Waals surface area contributed by atoms with Gasteiger partial charge < -0.3 is 15.5 Å². The van der Waals surface area contributed by atoms with Crippen molar-refractivity contribution in [2.75, 3.05) is 29.1 Å². The molecule has 162 valence electrons. The Morgan fingerprint density at radius 1 is 1.16 bits per heavy atom. The summed E-state index contributed by atoms with van der Waals surface area (Å²) in [5.41, 5.74) is 2.51. The number of amides is 4. The van der Waals surface area contributed by atoms with E-state index in [9.17, 15) is 14.4 Å². The molecule has 0 aromatic heterocycles. The first-order chi connectivity index (χ1) is 14.9. The highest BCUT2D eigenvalue weighted by molar-refractivity contribution is 7.99. The number of urea groups is 1. The number of nitrogens with zero attached hydrogens (tertiary/aromatic N) is 1. The van der Waals surface area contributed by atoms with Gasteiger partial charge in [-0.15, -0.1) is 11.8 Å². The zero-order valence-corrected chi connectivity index (χ0v) is 18.5. The molecule has 0 spiro atoms. The highest BCUT2D eigenvalue weighted by Gasteiger charge is 2.41. The summed E-state index contributed by atoms with van der Waals surface area (Å²) >= 11 is 1.37. The topological polar surface area (TPSA) is 90.5 Å². The molecule has 4 amide bonds. The van der Waals surface area contributed by atoms with Crippen LogP contribution in [-0.4, -0.2) is 42.2 Å². The third-order valence-corrected chi connectivity index (χ3v) is 7.08. The van der Waals surface area contributed by atoms with E-state index in [0.29, 0.717) is 11.3 Å². The molecule has 3 N–H and O–H groups in total. The molecule has 8 heteroatoms. The first kappa shape index (κ1) is 21.2. The molecule has 2 saturated heterocycles. The first-order valence-electron chi connectivity index (χ1n) is 10.4. The standard InChI is InChI=1S/C23H26N4O3S/c1-15-13-16(27-11-5-6-12-27)9-10-18(15)24-20(28)17-7-3-4-8-19(17)31-14-23(2)21(29)25-22(30)26-23/h3-4,7-10,13H,5-6,11-12,14H2,1-2H3,(H,24,28)(H2,25,26,29,30). The van der Waals surface area contributed by atoms with Gasteiger partial charge in [-0.25, -0.2) is 4.79 Å². The SMILES string of the molecule is Cc1cc(N2CCCC2)ccc1NC(=O)c1ccccc1SCC1(C)NC(=O)NC1=O. The van der Waals surface area contributed by atoms with Crippen LogP contribution in [0, 0.1) is 6.92 Å². The van der Waals surface area contributed by atoms with E-state index in [1.807, 2.05) is 31.2 Å². The van der Waals surface area contributed by atoms with E-state index in [4.69, 9.17) is 0 Å². The van der Waals surface area contributed by atoms with Gasteiger partial charge >= 0.3 is 6.03 Å². The van der Waals surface area contributed by atoms with Crippen molar-refractivity contribution in [2.24, 2.45) is 0 Å². The zero-order chi connectivity index (χ0) is 22.0. The second-order valence-corrected chi connectivity index (χ2v) is 9.19. The predicted octanol–water partition coefficient (Wildman–Crippen LogP) is 3.54. The molecule has 1 atom stereocenters. The smallest absolute Gasteiger partial charge is 0.322 e. The van der Waals surface area contributed by atoms with Gasteiger partial charge in [0.05, 0.1) is 5.56 Å². The highest BCUT2D eigenvalue weighted by atomic mass is 32.2. The lowest BCUT2D eigenvalue weighted by Gasteiger charge is -2.21. The minimum atomic E-state index is -1.01. The van der Waals surface area contributed by atoms with E-state index in [1.165, 1.54) is 30.3 Å². The van der Waals surface area contributed by atoms with Gasteiger partial charge in [-0.05, 0) is 62.6 Å². The van der Waals surface area contributed by atoms with Crippen molar-refractivity contribution >= 4 is 41.0 Å². The van der Waals surface area contributed by atoms with Gasteiger partial charge in [0.25, 0.3) is 11.8 Å². The number of aryl methyl sites for hydroxylation is 1. The van der Waals surface area contributed by atoms with Crippen LogP contribution in [0.3, 0.4) is 0 Å². The largest absolute Gasteiger partial charge is 0.372 e. The van der Waals surface area contributed by atoms with Crippen molar-refractivity contribution in [1.29, 1.82) is 0 Å². The van der Waals surface area contributed by atoms with E-state index in [1.54, 1.807) is 13.0 Å². The van der Waals surface area contributed by atoms with Gasteiger partial charge in [0.15, 0.2) is 0 Å². The van der Waals surface area contributed by atoms with Crippen molar-refractivity contribution in [2.45, 2.75) is 37.1 Å². The minimum absolute atomic E-state index is 0.204. The third kappa shape index (κ3) is 4.54. The molecule has 2 heterocycles. The summed E-state index contributed by atoms with van der Waals surface area (Å²) in [7, 11) is 0. The molecule has 0 radical (unpaired) electrons. The van der Waals surface area contributed by atoms with Gasteiger partial charge in [-0.1, -0.05) is 12.1 Å². The summed E-state index contributed by atoms with van der Waals surface area (Å²) < 4.78 is 0. The van der Waals surface area contributed by atoms with Gasteiger partial charge in [-0.2, -0.15) is 0 Å². The van der Waals surface area contributed by atoms with Crippen LogP contribution < -0.4 is 20.9 Å². The Labute approximate surface area is 186 Å². The fraction of sp³-hybridized carbons (Fsp3) is 0.348. The number of imide groups is 1. The van der Waals surface area contributed by atoms with Crippen molar-refractivity contribution in [3.05, 3.63) is 53.6 Å². The van der Waals surface area contributed by atoms with E-state index < -0.39 is 11.6 Å². The van der Waals surface area contributed by atoms with E-state index in [2.05, 4.69) is 33.0 Å². The number of carbonyl (C=O) groups is 3. The summed E-state index contributed by atoms with van der Waals surface area (Å²) in [6.45, 7) is 5.83. The molecule has 2 aliphatic rings. The third-order valence-electron chi connectivity index (χ3n) is 5.70. The molecular formula is C23H26N4O3S. The molecule has 1 unspecified atom stereocenters. The Kier molecular flexibility index (Phi) is 5.91. The van der Waals surface area contributed by atoms with Crippen LogP contribution >= 0.6 is 11.8 Å². The Hall–Kier alpha value is -3.00. The van der Waals surface area contributed by atoms with Crippen LogP contribution in [0.5, 0.6) is 0 Å². The molecule has 0 bridgehead atoms. The zero-order valence-electron chi connectivity index (χ0n) is 17.7. The summed E-state index contributed by atoms with van der Waals surface area (Å²) in [5, 5.41) is 7.93. The van der Waals surface area contributed by atoms with E-state index in [-0.39, 0.29) is 11.8 Å². The summed E-state index contributed by atoms with van der Waals surface area (Å²) in [6, 6.07) is 12.9. The maximum Gasteiger partial charge on any atom is 0.322 e. The molecule has 2 aromatic rings. The van der Waals surface area contributed by atoms with Crippen LogP contribution in [0.25, 0.3) is 0 Å². The van der Waals surface area contributed by atoms with Crippen molar-refractivity contribution in [3.63, 3.8) is 0 Å². The average Bonchev–Trinajstić information content (AvgIpc) is 3.36. The number of rotatable bonds is 6. The number of hydrogen-bond acceptors (Lipinski definition) is 5. The fourth-order valence-electron chi connectivity index (χ4n) is 3.83. The fourth-order valence-corrected chi connectivity index (χ4v) is 4.97. The van der Waals surface area contributed by atoms with Crippen LogP contribution in [-0.2, 0) is 4.79 Å². The number of nitrogens with one attached hydrogen (secondary N) is 3. The number of anilines is 2. The molecule has 2 aromatic carbocycles. The highest BCUT2D eigenvalue weighted by Crippen LogP contribution is 2.29. The molecule has 2 aliphatic heterocycles. The Morgan fingerprint density at radius 3 is 2.58 bits per heavy atom. The van der Waals surface area contributed by atoms with E-state index >= 15 is 0 Å². The second-order valence-electron chi connectivity index (χ2n) is 8.17. The lowest BCUT2D eigenvalue weighted by molar-refractivity contribution is -0.122. The normalized spacial score (nSPS) is 20.5. The molecule has 0 aliphatic carbocycles. The monoisotopic (exact) mass is 438 g/mol. The lowest BCUT2D eigenvalue weighted by Crippen LogP contribution is -2.46. The van der Waals surface area contributed by atoms with Gasteiger partial charge in [-0.3, -0.25) is 14.9 Å². The van der Waals surface area contributed by atoms with Crippen LogP contribution in [0.1, 0.15) is 35.7 Å². The van der Waals surface area contributed by atoms with Crippen LogP contribution in [0.4, 0.5) is 16.2 Å². The summed E-state index contributed by atoms with van der Waals surface area (Å²) in [6.07, 6.45) is 2.44. The average molecular weight is 439 g/mol. The number of thioether (sulfide) groups is 1. The predicted molar refractivity (Wildman–Crippen MR) is 123 cm³/mol. The molecule has 0 saturated carbocycles. The van der Waals surface area contributed by atoms with Crippen molar-refractivity contribution < 1.29 is 14.4 Å². The number of benzene rings is 2. The second kappa shape index (κ2) is 8.63. The van der Waals surface area contributed by atoms with Gasteiger partial charge in [0.1, 0.15) is 5.54 Å². The first-order valence-corrected chi connectivity index (χ1v) is 11.4. The molecule has 7 nitrogen and oxygen atoms in total. The summed E-state index contributed by atoms with van der Waals surface area (Å²) in [4.78, 5) is 39.7. The molecular weight excluding hydrogens is 412 g/mol. The minimum Gasteiger partial charge on any atom is -0.372 e. The van der Waals surface area contributed by atoms with Gasteiger partial charge in [0.2, 0.25) is 0 Å². The maximum atomic E-state index is 13.0. The summed E-state index contributed by atoms with van der Waals surface area (Å²) in [5.74, 6) is -0.246. The number of hydrogen-bond donors (Lipinski definition) is 3. The quantitative estimate of drug-likeness (QED) is 0.474. The van der Waals surface area contributed by atoms with Gasteiger partial charge in [0, 0.05) is 35.1 Å². The lowest BCUT2D eigenvalue weighted by atomic mass is 10.1. The van der Waals surface area contributed by atoms with Crippen molar-refractivity contribution in [1.82, 2.24) is 10.6 Å². The molecule has 2 fully saturated rings. The van der Waals surface area contributed by atoms with Crippen LogP contribution in [0.2, 0.25) is 0 Å². The van der Waals surface area contributed by atoms with E-state index in [0.717, 1.165) is 29.2 Å². The Morgan fingerprint density at radius 2 is 1.90 bits per heavy atom. The Bertz CT molecular complexity index is 1040. The number of carbonyl (C=O) groups excluding carboxylic acids is 3. The molecule has 4 rings (SSSR count).